The zero-order valence-corrected chi connectivity index (χ0v) is 13.4. The highest BCUT2D eigenvalue weighted by Crippen LogP contribution is 2.24. The second kappa shape index (κ2) is 6.87. The summed E-state index contributed by atoms with van der Waals surface area (Å²) in [5, 5.41) is 6.13. The lowest BCUT2D eigenvalue weighted by atomic mass is 9.87. The van der Waals surface area contributed by atoms with Crippen LogP contribution >= 0.6 is 0 Å². The van der Waals surface area contributed by atoms with E-state index in [9.17, 15) is 4.79 Å². The van der Waals surface area contributed by atoms with Crippen LogP contribution < -0.4 is 10.6 Å². The highest BCUT2D eigenvalue weighted by atomic mass is 16.2. The van der Waals surface area contributed by atoms with Crippen molar-refractivity contribution in [1.82, 2.24) is 15.3 Å². The summed E-state index contributed by atoms with van der Waals surface area (Å²) >= 11 is 0. The highest BCUT2D eigenvalue weighted by molar-refractivity contribution is 5.97. The normalized spacial score (nSPS) is 22.1. The Labute approximate surface area is 127 Å². The van der Waals surface area contributed by atoms with E-state index in [4.69, 9.17) is 0 Å². The predicted octanol–water partition coefficient (Wildman–Crippen LogP) is 2.95. The van der Waals surface area contributed by atoms with Gasteiger partial charge >= 0.3 is 0 Å². The fraction of sp³-hybridized carbons (Fsp3) is 0.688. The summed E-state index contributed by atoms with van der Waals surface area (Å²) in [5.74, 6) is 1.59. The first-order valence-electron chi connectivity index (χ1n) is 7.86. The summed E-state index contributed by atoms with van der Waals surface area (Å²) in [6, 6.07) is 0.274. The third kappa shape index (κ3) is 3.93. The van der Waals surface area contributed by atoms with Crippen LogP contribution in [0, 0.1) is 5.92 Å². The Morgan fingerprint density at radius 1 is 1.29 bits per heavy atom. The van der Waals surface area contributed by atoms with Crippen LogP contribution in [-0.2, 0) is 0 Å². The first-order chi connectivity index (χ1) is 10.0. The lowest BCUT2D eigenvalue weighted by molar-refractivity contribution is 0.0918. The van der Waals surface area contributed by atoms with E-state index in [1.165, 1.54) is 12.8 Å². The molecule has 1 aliphatic carbocycles. The average molecular weight is 290 g/mol. The van der Waals surface area contributed by atoms with Gasteiger partial charge in [0.05, 0.1) is 11.9 Å². The molecule has 1 aliphatic rings. The standard InChI is InChI=1S/C16H26N4O/c1-10(2)15-18-9-13(17-4)14(20-15)16(21)19-12-7-5-11(3)6-8-12/h9-12,17H,5-8H2,1-4H3,(H,19,21). The molecule has 0 spiro atoms. The third-order valence-corrected chi connectivity index (χ3v) is 4.16. The van der Waals surface area contributed by atoms with E-state index in [1.54, 1.807) is 13.2 Å². The first-order valence-corrected chi connectivity index (χ1v) is 7.86. The number of hydrogen-bond donors (Lipinski definition) is 2. The molecule has 5 heteroatoms. The molecule has 0 bridgehead atoms. The molecule has 1 amide bonds. The summed E-state index contributed by atoms with van der Waals surface area (Å²) in [7, 11) is 1.78. The maximum Gasteiger partial charge on any atom is 0.272 e. The summed E-state index contributed by atoms with van der Waals surface area (Å²) in [6.07, 6.45) is 6.18. The summed E-state index contributed by atoms with van der Waals surface area (Å²) in [6.45, 7) is 6.33. The molecule has 1 aromatic rings. The lowest BCUT2D eigenvalue weighted by Crippen LogP contribution is -2.38. The zero-order chi connectivity index (χ0) is 15.4. The molecule has 2 rings (SSSR count). The molecule has 2 N–H and O–H groups in total. The Hall–Kier alpha value is -1.65. The van der Waals surface area contributed by atoms with Gasteiger partial charge in [-0.15, -0.1) is 0 Å². The molecule has 0 aliphatic heterocycles. The first kappa shape index (κ1) is 15.7. The van der Waals surface area contributed by atoms with Crippen molar-refractivity contribution in [3.05, 3.63) is 17.7 Å². The Bertz CT molecular complexity index is 493. The minimum absolute atomic E-state index is 0.0943. The summed E-state index contributed by atoms with van der Waals surface area (Å²) in [4.78, 5) is 21.2. The molecule has 0 atom stereocenters. The molecule has 1 aromatic heterocycles. The van der Waals surface area contributed by atoms with Gasteiger partial charge in [0, 0.05) is 19.0 Å². The van der Waals surface area contributed by atoms with E-state index >= 15 is 0 Å². The average Bonchev–Trinajstić information content (AvgIpc) is 2.48. The van der Waals surface area contributed by atoms with Crippen molar-refractivity contribution in [1.29, 1.82) is 0 Å². The van der Waals surface area contributed by atoms with Crippen molar-refractivity contribution >= 4 is 11.6 Å². The van der Waals surface area contributed by atoms with E-state index in [2.05, 4.69) is 27.5 Å². The summed E-state index contributed by atoms with van der Waals surface area (Å²) in [5.41, 5.74) is 1.14. The maximum atomic E-state index is 12.5. The van der Waals surface area contributed by atoms with Crippen molar-refractivity contribution in [2.24, 2.45) is 5.92 Å². The van der Waals surface area contributed by atoms with E-state index in [0.717, 1.165) is 18.8 Å². The number of amides is 1. The molecule has 1 saturated carbocycles. The Morgan fingerprint density at radius 3 is 2.52 bits per heavy atom. The lowest BCUT2D eigenvalue weighted by Gasteiger charge is -2.27. The molecule has 0 saturated heterocycles. The van der Waals surface area contributed by atoms with Gasteiger partial charge < -0.3 is 10.6 Å². The molecule has 1 heterocycles. The van der Waals surface area contributed by atoms with Gasteiger partial charge in [-0.3, -0.25) is 4.79 Å². The molecule has 116 valence electrons. The smallest absolute Gasteiger partial charge is 0.272 e. The Kier molecular flexibility index (Phi) is 5.15. The van der Waals surface area contributed by atoms with Crippen LogP contribution in [0.4, 0.5) is 5.69 Å². The van der Waals surface area contributed by atoms with Crippen LogP contribution in [0.2, 0.25) is 0 Å². The van der Waals surface area contributed by atoms with E-state index in [-0.39, 0.29) is 17.9 Å². The van der Waals surface area contributed by atoms with Crippen LogP contribution in [0.3, 0.4) is 0 Å². The van der Waals surface area contributed by atoms with Gasteiger partial charge in [0.2, 0.25) is 0 Å². The Balaban J connectivity index is 2.12. The van der Waals surface area contributed by atoms with Gasteiger partial charge in [0.25, 0.3) is 5.91 Å². The molecule has 1 fully saturated rings. The molecule has 0 radical (unpaired) electrons. The topological polar surface area (TPSA) is 66.9 Å². The number of carbonyl (C=O) groups excluding carboxylic acids is 1. The second-order valence-corrected chi connectivity index (χ2v) is 6.33. The highest BCUT2D eigenvalue weighted by Gasteiger charge is 2.22. The number of carbonyl (C=O) groups is 1. The minimum Gasteiger partial charge on any atom is -0.385 e. The van der Waals surface area contributed by atoms with Gasteiger partial charge in [-0.05, 0) is 31.6 Å². The van der Waals surface area contributed by atoms with Crippen molar-refractivity contribution in [3.63, 3.8) is 0 Å². The SMILES string of the molecule is CNc1cnc(C(C)C)nc1C(=O)NC1CCC(C)CC1. The second-order valence-electron chi connectivity index (χ2n) is 6.33. The van der Waals surface area contributed by atoms with Crippen LogP contribution in [0.15, 0.2) is 6.20 Å². The quantitative estimate of drug-likeness (QED) is 0.894. The molecule has 21 heavy (non-hydrogen) atoms. The fourth-order valence-corrected chi connectivity index (χ4v) is 2.69. The number of nitrogens with zero attached hydrogens (tertiary/aromatic N) is 2. The van der Waals surface area contributed by atoms with Crippen LogP contribution in [0.5, 0.6) is 0 Å². The molecular weight excluding hydrogens is 264 g/mol. The summed E-state index contributed by atoms with van der Waals surface area (Å²) < 4.78 is 0. The largest absolute Gasteiger partial charge is 0.385 e. The molecule has 5 nitrogen and oxygen atoms in total. The molecule has 0 aromatic carbocycles. The minimum atomic E-state index is -0.0943. The molecular formula is C16H26N4O. The maximum absolute atomic E-state index is 12.5. The van der Waals surface area contributed by atoms with Crippen LogP contribution in [0.1, 0.15) is 68.7 Å². The predicted molar refractivity (Wildman–Crippen MR) is 84.6 cm³/mol. The number of rotatable bonds is 4. The van der Waals surface area contributed by atoms with Gasteiger partial charge in [-0.1, -0.05) is 20.8 Å². The van der Waals surface area contributed by atoms with Crippen molar-refractivity contribution < 1.29 is 4.79 Å². The van der Waals surface area contributed by atoms with E-state index in [0.29, 0.717) is 17.2 Å². The van der Waals surface area contributed by atoms with Gasteiger partial charge in [0.15, 0.2) is 5.69 Å². The van der Waals surface area contributed by atoms with E-state index < -0.39 is 0 Å². The number of anilines is 1. The van der Waals surface area contributed by atoms with Crippen LogP contribution in [-0.4, -0.2) is 29.0 Å². The van der Waals surface area contributed by atoms with Gasteiger partial charge in [0.1, 0.15) is 5.82 Å². The van der Waals surface area contributed by atoms with Crippen LogP contribution in [0.25, 0.3) is 0 Å². The Morgan fingerprint density at radius 2 is 1.95 bits per heavy atom. The zero-order valence-electron chi connectivity index (χ0n) is 13.4. The van der Waals surface area contributed by atoms with Crippen molar-refractivity contribution in [3.8, 4) is 0 Å². The van der Waals surface area contributed by atoms with Gasteiger partial charge in [-0.25, -0.2) is 9.97 Å². The van der Waals surface area contributed by atoms with E-state index in [1.807, 2.05) is 13.8 Å². The third-order valence-electron chi connectivity index (χ3n) is 4.16. The number of aromatic nitrogens is 2. The van der Waals surface area contributed by atoms with Crippen molar-refractivity contribution in [2.75, 3.05) is 12.4 Å². The number of nitrogens with one attached hydrogen (secondary N) is 2. The monoisotopic (exact) mass is 290 g/mol. The van der Waals surface area contributed by atoms with Gasteiger partial charge in [-0.2, -0.15) is 0 Å². The van der Waals surface area contributed by atoms with Crippen molar-refractivity contribution in [2.45, 2.75) is 58.4 Å². The number of hydrogen-bond acceptors (Lipinski definition) is 4. The fourth-order valence-electron chi connectivity index (χ4n) is 2.69. The molecule has 0 unspecified atom stereocenters.